The summed E-state index contributed by atoms with van der Waals surface area (Å²) in [6, 6.07) is 3.95. The average Bonchev–Trinajstić information content (AvgIpc) is 2.53. The van der Waals surface area contributed by atoms with E-state index in [-0.39, 0.29) is 23.3 Å². The number of phenolic OH excluding ortho intramolecular Hbond substituents is 2. The fourth-order valence-electron chi connectivity index (χ4n) is 3.27. The first kappa shape index (κ1) is 19.6. The number of hydrogen-bond acceptors (Lipinski definition) is 2. The zero-order valence-corrected chi connectivity index (χ0v) is 17.5. The molecule has 134 valence electrons. The number of rotatable bonds is 4. The highest BCUT2D eigenvalue weighted by atomic mass is 79.9. The van der Waals surface area contributed by atoms with E-state index in [2.05, 4.69) is 22.5 Å². The van der Waals surface area contributed by atoms with E-state index in [9.17, 15) is 10.2 Å². The van der Waals surface area contributed by atoms with Crippen molar-refractivity contribution in [2.75, 3.05) is 0 Å². The lowest BCUT2D eigenvalue weighted by Crippen LogP contribution is -2.00. The van der Waals surface area contributed by atoms with Crippen LogP contribution < -0.4 is 0 Å². The van der Waals surface area contributed by atoms with Crippen molar-refractivity contribution in [2.24, 2.45) is 0 Å². The molecule has 0 saturated heterocycles. The molecule has 2 aromatic rings. The highest BCUT2D eigenvalue weighted by Gasteiger charge is 2.24. The molecule has 0 atom stereocenters. The second-order valence-electron chi connectivity index (χ2n) is 7.21. The molecule has 0 radical (unpaired) electrons. The van der Waals surface area contributed by atoms with Gasteiger partial charge < -0.3 is 10.2 Å². The van der Waals surface area contributed by atoms with Crippen molar-refractivity contribution in [1.29, 1.82) is 0 Å². The zero-order chi connectivity index (χ0) is 19.0. The third-order valence-corrected chi connectivity index (χ3v) is 5.69. The van der Waals surface area contributed by atoms with Crippen molar-refractivity contribution in [3.63, 3.8) is 0 Å². The summed E-state index contributed by atoms with van der Waals surface area (Å²) in [5.41, 5.74) is 5.92. The molecule has 2 aromatic carbocycles. The van der Waals surface area contributed by atoms with Crippen molar-refractivity contribution in [3.05, 3.63) is 51.0 Å². The van der Waals surface area contributed by atoms with Crippen LogP contribution in [0.2, 0.25) is 0 Å². The largest absolute Gasteiger partial charge is 0.507 e. The predicted octanol–water partition coefficient (Wildman–Crippen LogP) is 7.03. The first-order chi connectivity index (χ1) is 11.6. The topological polar surface area (TPSA) is 40.5 Å². The SMILES string of the molecule is C=Cc1cc(C(C)C)c(O)c(-c2c(C)c(Br)cc(C(C)C)c2O)c1C. The van der Waals surface area contributed by atoms with Gasteiger partial charge in [0.1, 0.15) is 11.5 Å². The van der Waals surface area contributed by atoms with Gasteiger partial charge in [-0.15, -0.1) is 0 Å². The van der Waals surface area contributed by atoms with Crippen LogP contribution in [0.15, 0.2) is 23.2 Å². The molecule has 0 spiro atoms. The van der Waals surface area contributed by atoms with Gasteiger partial charge in [0, 0.05) is 15.6 Å². The Kier molecular flexibility index (Phi) is 5.68. The van der Waals surface area contributed by atoms with Gasteiger partial charge in [-0.25, -0.2) is 0 Å². The van der Waals surface area contributed by atoms with Gasteiger partial charge >= 0.3 is 0 Å². The van der Waals surface area contributed by atoms with Crippen LogP contribution in [-0.2, 0) is 0 Å². The summed E-state index contributed by atoms with van der Waals surface area (Å²) in [4.78, 5) is 0. The average molecular weight is 403 g/mol. The van der Waals surface area contributed by atoms with Crippen LogP contribution in [0.4, 0.5) is 0 Å². The quantitative estimate of drug-likeness (QED) is 0.575. The lowest BCUT2D eigenvalue weighted by molar-refractivity contribution is 0.457. The Bertz CT molecular complexity index is 833. The molecule has 2 nitrogen and oxygen atoms in total. The second-order valence-corrected chi connectivity index (χ2v) is 8.07. The van der Waals surface area contributed by atoms with Gasteiger partial charge in [0.15, 0.2) is 0 Å². The fourth-order valence-corrected chi connectivity index (χ4v) is 3.71. The smallest absolute Gasteiger partial charge is 0.127 e. The van der Waals surface area contributed by atoms with Crippen LogP contribution in [0, 0.1) is 13.8 Å². The van der Waals surface area contributed by atoms with E-state index in [1.165, 1.54) is 0 Å². The van der Waals surface area contributed by atoms with Crippen molar-refractivity contribution < 1.29 is 10.2 Å². The molecule has 0 heterocycles. The molecular formula is C22H27BrO2. The third-order valence-electron chi connectivity index (χ3n) is 4.87. The fraction of sp³-hybridized carbons (Fsp3) is 0.364. The summed E-state index contributed by atoms with van der Waals surface area (Å²) in [7, 11) is 0. The number of phenols is 2. The minimum Gasteiger partial charge on any atom is -0.507 e. The highest BCUT2D eigenvalue weighted by molar-refractivity contribution is 9.10. The minimum absolute atomic E-state index is 0.164. The van der Waals surface area contributed by atoms with Gasteiger partial charge in [-0.3, -0.25) is 0 Å². The highest BCUT2D eigenvalue weighted by Crippen LogP contribution is 2.48. The summed E-state index contributed by atoms with van der Waals surface area (Å²) >= 11 is 3.62. The summed E-state index contributed by atoms with van der Waals surface area (Å²) in [6.07, 6.45) is 1.80. The minimum atomic E-state index is 0.164. The Labute approximate surface area is 159 Å². The van der Waals surface area contributed by atoms with Crippen LogP contribution in [0.1, 0.15) is 67.3 Å². The van der Waals surface area contributed by atoms with Gasteiger partial charge in [-0.05, 0) is 65.6 Å². The van der Waals surface area contributed by atoms with E-state index in [1.54, 1.807) is 6.08 Å². The van der Waals surface area contributed by atoms with Crippen LogP contribution in [-0.4, -0.2) is 10.2 Å². The summed E-state index contributed by atoms with van der Waals surface area (Å²) in [5.74, 6) is 0.816. The predicted molar refractivity (Wildman–Crippen MR) is 111 cm³/mol. The molecular weight excluding hydrogens is 376 g/mol. The summed E-state index contributed by atoms with van der Waals surface area (Å²) in [5, 5.41) is 22.0. The van der Waals surface area contributed by atoms with E-state index in [0.29, 0.717) is 11.1 Å². The van der Waals surface area contributed by atoms with Crippen molar-refractivity contribution >= 4 is 22.0 Å². The second kappa shape index (κ2) is 7.25. The monoisotopic (exact) mass is 402 g/mol. The molecule has 0 saturated carbocycles. The van der Waals surface area contributed by atoms with Crippen LogP contribution >= 0.6 is 15.9 Å². The molecule has 2 N–H and O–H groups in total. The Morgan fingerprint density at radius 2 is 1.32 bits per heavy atom. The van der Waals surface area contributed by atoms with Gasteiger partial charge in [0.05, 0.1) is 0 Å². The third kappa shape index (κ3) is 3.35. The molecule has 0 amide bonds. The number of aromatic hydroxyl groups is 2. The molecule has 0 bridgehead atoms. The van der Waals surface area contributed by atoms with Crippen molar-refractivity contribution in [2.45, 2.75) is 53.4 Å². The Balaban J connectivity index is 3.01. The maximum Gasteiger partial charge on any atom is 0.127 e. The molecule has 3 heteroatoms. The first-order valence-corrected chi connectivity index (χ1v) is 9.42. The van der Waals surface area contributed by atoms with Gasteiger partial charge in [-0.2, -0.15) is 0 Å². The van der Waals surface area contributed by atoms with E-state index in [1.807, 2.05) is 53.7 Å². The van der Waals surface area contributed by atoms with Crippen LogP contribution in [0.5, 0.6) is 11.5 Å². The molecule has 0 aliphatic heterocycles. The molecule has 0 unspecified atom stereocenters. The number of hydrogen-bond donors (Lipinski definition) is 2. The van der Waals surface area contributed by atoms with E-state index in [4.69, 9.17) is 0 Å². The van der Waals surface area contributed by atoms with Gasteiger partial charge in [-0.1, -0.05) is 56.3 Å². The normalized spacial score (nSPS) is 11.4. The molecule has 0 fully saturated rings. The molecule has 0 aliphatic rings. The number of halogens is 1. The maximum absolute atomic E-state index is 11.0. The lowest BCUT2D eigenvalue weighted by Gasteiger charge is -2.22. The molecule has 0 aromatic heterocycles. The van der Waals surface area contributed by atoms with E-state index in [0.717, 1.165) is 32.3 Å². The summed E-state index contributed by atoms with van der Waals surface area (Å²) in [6.45, 7) is 16.0. The Morgan fingerprint density at radius 3 is 1.76 bits per heavy atom. The Morgan fingerprint density at radius 1 is 0.880 bits per heavy atom. The van der Waals surface area contributed by atoms with Gasteiger partial charge in [0.25, 0.3) is 0 Å². The maximum atomic E-state index is 11.0. The Hall–Kier alpha value is -1.74. The van der Waals surface area contributed by atoms with Crippen LogP contribution in [0.25, 0.3) is 17.2 Å². The lowest BCUT2D eigenvalue weighted by atomic mass is 9.85. The standard InChI is InChI=1S/C22H27BrO2/c1-8-15-9-16(11(2)3)21(24)19(13(15)6)20-14(7)18(23)10-17(12(4)5)22(20)25/h8-12,24-25H,1H2,2-7H3. The first-order valence-electron chi connectivity index (χ1n) is 8.62. The molecule has 25 heavy (non-hydrogen) atoms. The molecule has 2 rings (SSSR count). The van der Waals surface area contributed by atoms with E-state index >= 15 is 0 Å². The zero-order valence-electron chi connectivity index (χ0n) is 15.9. The van der Waals surface area contributed by atoms with Crippen LogP contribution in [0.3, 0.4) is 0 Å². The van der Waals surface area contributed by atoms with Crippen molar-refractivity contribution in [3.8, 4) is 22.6 Å². The number of benzene rings is 2. The summed E-state index contributed by atoms with van der Waals surface area (Å²) < 4.78 is 0.929. The van der Waals surface area contributed by atoms with Gasteiger partial charge in [0.2, 0.25) is 0 Å². The molecule has 0 aliphatic carbocycles. The van der Waals surface area contributed by atoms with Crippen molar-refractivity contribution in [1.82, 2.24) is 0 Å². The van der Waals surface area contributed by atoms with E-state index < -0.39 is 0 Å².